The van der Waals surface area contributed by atoms with Crippen LogP contribution in [0.1, 0.15) is 18.4 Å². The summed E-state index contributed by atoms with van der Waals surface area (Å²) in [6, 6.07) is 3.55. The molecule has 1 rings (SSSR count). The van der Waals surface area contributed by atoms with Crippen molar-refractivity contribution in [2.75, 3.05) is 0 Å². The van der Waals surface area contributed by atoms with Gasteiger partial charge in [-0.25, -0.2) is 4.79 Å². The topological polar surface area (TPSA) is 50.4 Å². The molecule has 0 saturated carbocycles. The van der Waals surface area contributed by atoms with Gasteiger partial charge in [-0.3, -0.25) is 0 Å². The van der Waals surface area contributed by atoms with Crippen molar-refractivity contribution < 1.29 is 14.3 Å². The lowest BCUT2D eigenvalue weighted by Gasteiger charge is -1.92. The van der Waals surface area contributed by atoms with Gasteiger partial charge in [-0.15, -0.1) is 0 Å². The average Bonchev–Trinajstić information content (AvgIpc) is 2.34. The lowest BCUT2D eigenvalue weighted by Crippen LogP contribution is -1.88. The van der Waals surface area contributed by atoms with Gasteiger partial charge in [0.05, 0.1) is 0 Å². The van der Waals surface area contributed by atoms with Crippen molar-refractivity contribution >= 4 is 11.5 Å². The summed E-state index contributed by atoms with van der Waals surface area (Å²) < 4.78 is 5.21. The Morgan fingerprint density at radius 2 is 2.25 bits per heavy atom. The summed E-state index contributed by atoms with van der Waals surface area (Å²) in [6.45, 7) is 3.52. The summed E-state index contributed by atoms with van der Waals surface area (Å²) in [6.07, 6.45) is 1.12. The number of carbonyl (C=O) groups is 1. The maximum Gasteiger partial charge on any atom is 0.328 e. The van der Waals surface area contributed by atoms with Crippen LogP contribution in [0.2, 0.25) is 0 Å². The molecule has 1 aromatic rings. The van der Waals surface area contributed by atoms with Gasteiger partial charge in [-0.2, -0.15) is 0 Å². The molecular weight excluding hydrogens is 156 g/mol. The normalized spacial score (nSPS) is 11.7. The second kappa shape index (κ2) is 3.26. The molecule has 0 amide bonds. The van der Waals surface area contributed by atoms with E-state index >= 15 is 0 Å². The number of hydrogen-bond acceptors (Lipinski definition) is 2. The van der Waals surface area contributed by atoms with Crippen LogP contribution in [0.3, 0.4) is 0 Å². The Morgan fingerprint density at radius 3 is 2.67 bits per heavy atom. The van der Waals surface area contributed by atoms with Gasteiger partial charge in [0, 0.05) is 6.08 Å². The summed E-state index contributed by atoms with van der Waals surface area (Å²) in [7, 11) is 0. The highest BCUT2D eigenvalue weighted by atomic mass is 16.4. The molecule has 3 heteroatoms. The molecule has 0 spiro atoms. The van der Waals surface area contributed by atoms with Crippen molar-refractivity contribution in [1.82, 2.24) is 0 Å². The van der Waals surface area contributed by atoms with Gasteiger partial charge in [-0.05, 0) is 31.6 Å². The second-order valence-corrected chi connectivity index (χ2v) is 2.58. The van der Waals surface area contributed by atoms with Gasteiger partial charge in [-0.1, -0.05) is 0 Å². The number of aliphatic carboxylic acids is 1. The molecule has 1 heterocycles. The highest BCUT2D eigenvalue weighted by molar-refractivity contribution is 5.88. The van der Waals surface area contributed by atoms with E-state index in [-0.39, 0.29) is 0 Å². The molecule has 0 aromatic carbocycles. The zero-order valence-electron chi connectivity index (χ0n) is 7.00. The van der Waals surface area contributed by atoms with E-state index < -0.39 is 5.97 Å². The number of furan rings is 1. The number of hydrogen-bond donors (Lipinski definition) is 1. The fourth-order valence-electron chi connectivity index (χ4n) is 0.903. The van der Waals surface area contributed by atoms with Crippen molar-refractivity contribution in [2.24, 2.45) is 0 Å². The fraction of sp³-hybridized carbons (Fsp3) is 0.222. The van der Waals surface area contributed by atoms with Crippen molar-refractivity contribution in [3.8, 4) is 0 Å². The second-order valence-electron chi connectivity index (χ2n) is 2.58. The maximum absolute atomic E-state index is 10.3. The van der Waals surface area contributed by atoms with Gasteiger partial charge in [0.1, 0.15) is 11.5 Å². The van der Waals surface area contributed by atoms with E-state index in [9.17, 15) is 4.79 Å². The molecule has 0 aliphatic heterocycles. The predicted octanol–water partition coefficient (Wildman–Crippen LogP) is 2.08. The number of carboxylic acid groups (broad SMARTS) is 1. The van der Waals surface area contributed by atoms with E-state index in [0.717, 1.165) is 11.8 Å². The molecule has 0 atom stereocenters. The minimum Gasteiger partial charge on any atom is -0.478 e. The van der Waals surface area contributed by atoms with Crippen LogP contribution >= 0.6 is 0 Å². The van der Waals surface area contributed by atoms with Crippen LogP contribution in [0.5, 0.6) is 0 Å². The Kier molecular flexibility index (Phi) is 2.33. The zero-order chi connectivity index (χ0) is 9.14. The van der Waals surface area contributed by atoms with Crippen molar-refractivity contribution in [3.05, 3.63) is 29.7 Å². The number of rotatable bonds is 2. The smallest absolute Gasteiger partial charge is 0.328 e. The van der Waals surface area contributed by atoms with Crippen molar-refractivity contribution in [2.45, 2.75) is 13.8 Å². The van der Waals surface area contributed by atoms with Gasteiger partial charge in [0.2, 0.25) is 0 Å². The molecule has 1 aromatic heterocycles. The third kappa shape index (κ3) is 1.99. The highest BCUT2D eigenvalue weighted by Gasteiger charge is 2.01. The molecule has 0 bridgehead atoms. The molecule has 64 valence electrons. The number of aryl methyl sites for hydroxylation is 1. The highest BCUT2D eigenvalue weighted by Crippen LogP contribution is 2.16. The van der Waals surface area contributed by atoms with Crippen molar-refractivity contribution in [1.29, 1.82) is 0 Å². The van der Waals surface area contributed by atoms with Crippen LogP contribution in [0, 0.1) is 6.92 Å². The minimum atomic E-state index is -0.957. The SMILES string of the molecule is CC(=CC(=O)O)c1ccc(C)o1. The van der Waals surface area contributed by atoms with Crippen LogP contribution in [-0.4, -0.2) is 11.1 Å². The van der Waals surface area contributed by atoms with E-state index in [1.54, 1.807) is 19.1 Å². The molecule has 0 aliphatic carbocycles. The number of carboxylic acids is 1. The molecular formula is C9H10O3. The van der Waals surface area contributed by atoms with E-state index in [0.29, 0.717) is 11.3 Å². The van der Waals surface area contributed by atoms with Crippen LogP contribution in [0.4, 0.5) is 0 Å². The first kappa shape index (κ1) is 8.59. The Labute approximate surface area is 70.3 Å². The lowest BCUT2D eigenvalue weighted by molar-refractivity contribution is -0.131. The quantitative estimate of drug-likeness (QED) is 0.684. The third-order valence-electron chi connectivity index (χ3n) is 1.47. The van der Waals surface area contributed by atoms with Crippen LogP contribution in [0.25, 0.3) is 5.57 Å². The Morgan fingerprint density at radius 1 is 1.58 bits per heavy atom. The summed E-state index contributed by atoms with van der Waals surface area (Å²) in [5.41, 5.74) is 0.621. The van der Waals surface area contributed by atoms with Gasteiger partial charge in [0.15, 0.2) is 0 Å². The largest absolute Gasteiger partial charge is 0.478 e. The van der Waals surface area contributed by atoms with Gasteiger partial charge in [0.25, 0.3) is 0 Å². The lowest BCUT2D eigenvalue weighted by atomic mass is 10.2. The zero-order valence-corrected chi connectivity index (χ0v) is 7.00. The number of allylic oxidation sites excluding steroid dienone is 1. The summed E-state index contributed by atoms with van der Waals surface area (Å²) in [5.74, 6) is 0.430. The summed E-state index contributed by atoms with van der Waals surface area (Å²) in [4.78, 5) is 10.3. The first-order valence-electron chi connectivity index (χ1n) is 3.57. The maximum atomic E-state index is 10.3. The van der Waals surface area contributed by atoms with E-state index in [1.165, 1.54) is 0 Å². The predicted molar refractivity (Wildman–Crippen MR) is 44.7 cm³/mol. The van der Waals surface area contributed by atoms with E-state index in [4.69, 9.17) is 9.52 Å². The molecule has 0 saturated heterocycles. The Balaban J connectivity index is 2.91. The third-order valence-corrected chi connectivity index (χ3v) is 1.47. The molecule has 0 radical (unpaired) electrons. The van der Waals surface area contributed by atoms with Gasteiger partial charge < -0.3 is 9.52 Å². The fourth-order valence-corrected chi connectivity index (χ4v) is 0.903. The minimum absolute atomic E-state index is 0.606. The Hall–Kier alpha value is -1.51. The van der Waals surface area contributed by atoms with Crippen LogP contribution in [0.15, 0.2) is 22.6 Å². The molecule has 12 heavy (non-hydrogen) atoms. The van der Waals surface area contributed by atoms with Crippen molar-refractivity contribution in [3.63, 3.8) is 0 Å². The van der Waals surface area contributed by atoms with Crippen LogP contribution in [-0.2, 0) is 4.79 Å². The molecule has 0 aliphatic rings. The molecule has 0 unspecified atom stereocenters. The van der Waals surface area contributed by atoms with Crippen LogP contribution < -0.4 is 0 Å². The van der Waals surface area contributed by atoms with E-state index in [2.05, 4.69) is 0 Å². The standard InChI is InChI=1S/C9H10O3/c1-6(5-9(10)11)8-4-3-7(2)12-8/h3-5H,1-2H3,(H,10,11). The first-order chi connectivity index (χ1) is 5.59. The molecule has 3 nitrogen and oxygen atoms in total. The van der Waals surface area contributed by atoms with Gasteiger partial charge >= 0.3 is 5.97 Å². The molecule has 0 fully saturated rings. The monoisotopic (exact) mass is 166 g/mol. The summed E-state index contributed by atoms with van der Waals surface area (Å²) >= 11 is 0. The summed E-state index contributed by atoms with van der Waals surface area (Å²) in [5, 5.41) is 8.43. The Bertz CT molecular complexity index is 320. The van der Waals surface area contributed by atoms with E-state index in [1.807, 2.05) is 6.92 Å². The average molecular weight is 166 g/mol. The first-order valence-corrected chi connectivity index (χ1v) is 3.57. The molecule has 1 N–H and O–H groups in total.